The first-order chi connectivity index (χ1) is 8.44. The van der Waals surface area contributed by atoms with Gasteiger partial charge in [-0.2, -0.15) is 0 Å². The second-order valence-electron chi connectivity index (χ2n) is 4.61. The molecule has 1 fully saturated rings. The lowest BCUT2D eigenvalue weighted by Crippen LogP contribution is -2.39. The number of nitrogens with two attached hydrogens (primary N) is 1. The molecule has 0 saturated heterocycles. The van der Waals surface area contributed by atoms with Crippen LogP contribution >= 0.6 is 24.0 Å². The second kappa shape index (κ2) is 6.41. The quantitative estimate of drug-likeness (QED) is 0.859. The molecule has 3 N–H and O–H groups in total. The summed E-state index contributed by atoms with van der Waals surface area (Å²) in [5, 5.41) is 0.106. The van der Waals surface area contributed by atoms with Crippen LogP contribution in [0.2, 0.25) is 5.28 Å². The van der Waals surface area contributed by atoms with Crippen LogP contribution < -0.4 is 10.5 Å². The van der Waals surface area contributed by atoms with E-state index in [1.165, 1.54) is 10.8 Å². The number of aryl methyl sites for hydroxylation is 1. The maximum Gasteiger partial charge on any atom is 0.259 e. The number of rotatable bonds is 4. The monoisotopic (exact) mass is 328 g/mol. The van der Waals surface area contributed by atoms with Crippen LogP contribution in [0.4, 0.5) is 0 Å². The van der Waals surface area contributed by atoms with E-state index in [4.69, 9.17) is 17.3 Å². The third-order valence-electron chi connectivity index (χ3n) is 3.34. The number of aromatic nitrogens is 2. The number of hydrogen-bond acceptors (Lipinski definition) is 4. The molecular formula is C10H18Cl2N4O2S. The van der Waals surface area contributed by atoms with Crippen molar-refractivity contribution in [1.29, 1.82) is 0 Å². The standard InChI is InChI=1S/C10H17ClN4O2S.ClH/c1-15-6-9(13-10(15)11)18(16,17)14-8-4-2-3-7(8)5-12;/h6-8,14H,2-5,12H2,1H3;1H. The van der Waals surface area contributed by atoms with Gasteiger partial charge in [-0.3, -0.25) is 0 Å². The van der Waals surface area contributed by atoms with Crippen LogP contribution in [0, 0.1) is 5.92 Å². The van der Waals surface area contributed by atoms with Crippen molar-refractivity contribution < 1.29 is 8.42 Å². The van der Waals surface area contributed by atoms with E-state index in [0.717, 1.165) is 19.3 Å². The van der Waals surface area contributed by atoms with Gasteiger partial charge < -0.3 is 10.3 Å². The average molecular weight is 329 g/mol. The van der Waals surface area contributed by atoms with E-state index >= 15 is 0 Å². The number of halogens is 2. The number of nitrogens with one attached hydrogen (secondary N) is 1. The molecule has 0 bridgehead atoms. The Morgan fingerprint density at radius 3 is 2.79 bits per heavy atom. The predicted octanol–water partition coefficient (Wildman–Crippen LogP) is 0.901. The highest BCUT2D eigenvalue weighted by atomic mass is 35.5. The van der Waals surface area contributed by atoms with Gasteiger partial charge in [0.25, 0.3) is 10.0 Å². The third kappa shape index (κ3) is 3.61. The van der Waals surface area contributed by atoms with E-state index in [2.05, 4.69) is 9.71 Å². The van der Waals surface area contributed by atoms with Gasteiger partial charge in [0, 0.05) is 19.3 Å². The Kier molecular flexibility index (Phi) is 5.64. The molecule has 2 rings (SSSR count). The largest absolute Gasteiger partial charge is 0.330 e. The molecule has 0 spiro atoms. The highest BCUT2D eigenvalue weighted by Crippen LogP contribution is 2.26. The van der Waals surface area contributed by atoms with Gasteiger partial charge in [0.1, 0.15) is 0 Å². The van der Waals surface area contributed by atoms with Crippen LogP contribution in [0.3, 0.4) is 0 Å². The SMILES string of the molecule is Cl.Cn1cc(S(=O)(=O)NC2CCCC2CN)nc1Cl. The fourth-order valence-electron chi connectivity index (χ4n) is 2.28. The summed E-state index contributed by atoms with van der Waals surface area (Å²) in [6.07, 6.45) is 4.18. The van der Waals surface area contributed by atoms with Crippen LogP contribution in [0.15, 0.2) is 11.2 Å². The van der Waals surface area contributed by atoms with Crippen molar-refractivity contribution in [2.45, 2.75) is 30.3 Å². The van der Waals surface area contributed by atoms with E-state index in [-0.39, 0.29) is 34.7 Å². The molecule has 110 valence electrons. The van der Waals surface area contributed by atoms with Crippen molar-refractivity contribution in [2.24, 2.45) is 18.7 Å². The van der Waals surface area contributed by atoms with Gasteiger partial charge in [-0.25, -0.2) is 18.1 Å². The zero-order valence-corrected chi connectivity index (χ0v) is 12.9. The van der Waals surface area contributed by atoms with Crippen LogP contribution in [-0.4, -0.2) is 30.6 Å². The van der Waals surface area contributed by atoms with Gasteiger partial charge >= 0.3 is 0 Å². The number of hydrogen-bond donors (Lipinski definition) is 2. The van der Waals surface area contributed by atoms with E-state index in [1.54, 1.807) is 7.05 Å². The zero-order valence-electron chi connectivity index (χ0n) is 10.5. The molecule has 1 aliphatic carbocycles. The molecule has 0 amide bonds. The molecular weight excluding hydrogens is 311 g/mol. The summed E-state index contributed by atoms with van der Waals surface area (Å²) >= 11 is 5.75. The minimum Gasteiger partial charge on any atom is -0.330 e. The van der Waals surface area contributed by atoms with Gasteiger partial charge in [0.15, 0.2) is 5.03 Å². The minimum atomic E-state index is -3.61. The Morgan fingerprint density at radius 1 is 1.58 bits per heavy atom. The topological polar surface area (TPSA) is 90.0 Å². The molecule has 1 aromatic rings. The molecule has 6 nitrogen and oxygen atoms in total. The average Bonchev–Trinajstić information content (AvgIpc) is 2.86. The van der Waals surface area contributed by atoms with Crippen molar-refractivity contribution in [3.8, 4) is 0 Å². The number of sulfonamides is 1. The third-order valence-corrected chi connectivity index (χ3v) is 5.05. The van der Waals surface area contributed by atoms with Gasteiger partial charge in [-0.1, -0.05) is 6.42 Å². The summed E-state index contributed by atoms with van der Waals surface area (Å²) in [7, 11) is -1.96. The molecule has 9 heteroatoms. The van der Waals surface area contributed by atoms with E-state index in [9.17, 15) is 8.42 Å². The van der Waals surface area contributed by atoms with Gasteiger partial charge in [-0.15, -0.1) is 12.4 Å². The maximum atomic E-state index is 12.1. The summed E-state index contributed by atoms with van der Waals surface area (Å²) < 4.78 is 28.4. The number of imidazole rings is 1. The van der Waals surface area contributed by atoms with E-state index in [0.29, 0.717) is 6.54 Å². The van der Waals surface area contributed by atoms with Crippen LogP contribution in [0.25, 0.3) is 0 Å². The van der Waals surface area contributed by atoms with Crippen LogP contribution in [0.1, 0.15) is 19.3 Å². The van der Waals surface area contributed by atoms with Gasteiger partial charge in [0.05, 0.1) is 0 Å². The predicted molar refractivity (Wildman–Crippen MR) is 76.0 cm³/mol. The second-order valence-corrected chi connectivity index (χ2v) is 6.61. The lowest BCUT2D eigenvalue weighted by molar-refractivity contribution is 0.452. The Labute approximate surface area is 124 Å². The Morgan fingerprint density at radius 2 is 2.26 bits per heavy atom. The maximum absolute atomic E-state index is 12.1. The molecule has 0 aliphatic heterocycles. The number of nitrogens with zero attached hydrogens (tertiary/aromatic N) is 2. The van der Waals surface area contributed by atoms with Crippen molar-refractivity contribution in [2.75, 3.05) is 6.54 Å². The fraction of sp³-hybridized carbons (Fsp3) is 0.700. The summed E-state index contributed by atoms with van der Waals surface area (Å²) in [6.45, 7) is 0.496. The Hall–Kier alpha value is -0.340. The minimum absolute atomic E-state index is 0. The molecule has 1 heterocycles. The summed E-state index contributed by atoms with van der Waals surface area (Å²) in [6, 6.07) is -0.0965. The first kappa shape index (κ1) is 16.7. The fourth-order valence-corrected chi connectivity index (χ4v) is 3.80. The molecule has 1 saturated carbocycles. The lowest BCUT2D eigenvalue weighted by atomic mass is 10.1. The zero-order chi connectivity index (χ0) is 13.3. The Bertz CT molecular complexity index is 512. The van der Waals surface area contributed by atoms with Crippen molar-refractivity contribution >= 4 is 34.0 Å². The summed E-state index contributed by atoms with van der Waals surface area (Å²) in [4.78, 5) is 3.82. The van der Waals surface area contributed by atoms with E-state index in [1.807, 2.05) is 0 Å². The molecule has 0 radical (unpaired) electrons. The molecule has 19 heavy (non-hydrogen) atoms. The van der Waals surface area contributed by atoms with Crippen LogP contribution in [-0.2, 0) is 17.1 Å². The highest BCUT2D eigenvalue weighted by Gasteiger charge is 2.31. The molecule has 2 atom stereocenters. The summed E-state index contributed by atoms with van der Waals surface area (Å²) in [5.74, 6) is 0.207. The highest BCUT2D eigenvalue weighted by molar-refractivity contribution is 7.89. The lowest BCUT2D eigenvalue weighted by Gasteiger charge is -2.18. The van der Waals surface area contributed by atoms with Gasteiger partial charge in [-0.05, 0) is 36.9 Å². The molecule has 2 unspecified atom stereocenters. The van der Waals surface area contributed by atoms with E-state index < -0.39 is 10.0 Å². The van der Waals surface area contributed by atoms with Crippen molar-refractivity contribution in [3.63, 3.8) is 0 Å². The van der Waals surface area contributed by atoms with Crippen LogP contribution in [0.5, 0.6) is 0 Å². The van der Waals surface area contributed by atoms with Gasteiger partial charge in [0.2, 0.25) is 5.28 Å². The first-order valence-corrected chi connectivity index (χ1v) is 7.71. The smallest absolute Gasteiger partial charge is 0.259 e. The molecule has 0 aromatic carbocycles. The molecule has 1 aromatic heterocycles. The van der Waals surface area contributed by atoms with Crippen molar-refractivity contribution in [3.05, 3.63) is 11.5 Å². The van der Waals surface area contributed by atoms with Crippen molar-refractivity contribution in [1.82, 2.24) is 14.3 Å². The summed E-state index contributed by atoms with van der Waals surface area (Å²) in [5.41, 5.74) is 5.63. The first-order valence-electron chi connectivity index (χ1n) is 5.85. The normalized spacial score (nSPS) is 23.3. The molecule has 1 aliphatic rings. The Balaban J connectivity index is 0.00000180.